The minimum absolute atomic E-state index is 0.320. The quantitative estimate of drug-likeness (QED) is 0.834. The van der Waals surface area contributed by atoms with Crippen LogP contribution in [0.1, 0.15) is 12.0 Å². The first-order valence-electron chi connectivity index (χ1n) is 5.86. The van der Waals surface area contributed by atoms with Gasteiger partial charge in [-0.2, -0.15) is 0 Å². The summed E-state index contributed by atoms with van der Waals surface area (Å²) in [5.74, 6) is -0.320. The van der Waals surface area contributed by atoms with E-state index in [9.17, 15) is 0 Å². The number of hydrogen-bond donors (Lipinski definition) is 0. The van der Waals surface area contributed by atoms with E-state index in [2.05, 4.69) is 31.9 Å². The van der Waals surface area contributed by atoms with E-state index in [4.69, 9.17) is 9.47 Å². The van der Waals surface area contributed by atoms with Crippen molar-refractivity contribution in [3.05, 3.63) is 28.5 Å². The van der Waals surface area contributed by atoms with Crippen molar-refractivity contribution in [1.29, 1.82) is 0 Å². The van der Waals surface area contributed by atoms with Crippen LogP contribution < -0.4 is 0 Å². The number of nitrogens with zero attached hydrogens (tertiary/aromatic N) is 2. The molecule has 2 fully saturated rings. The predicted octanol–water partition coefficient (Wildman–Crippen LogP) is 1.79. The largest absolute Gasteiger partial charge is 0.346 e. The van der Waals surface area contributed by atoms with Gasteiger partial charge in [-0.1, -0.05) is 0 Å². The van der Waals surface area contributed by atoms with Crippen LogP contribution in [0.4, 0.5) is 0 Å². The van der Waals surface area contributed by atoms with Gasteiger partial charge in [0, 0.05) is 36.4 Å². The lowest BCUT2D eigenvalue weighted by molar-refractivity contribution is -0.145. The molecule has 0 saturated carbocycles. The lowest BCUT2D eigenvalue weighted by Crippen LogP contribution is -2.34. The fourth-order valence-corrected chi connectivity index (χ4v) is 2.91. The number of halogens is 1. The van der Waals surface area contributed by atoms with Gasteiger partial charge in [0.25, 0.3) is 0 Å². The molecule has 3 rings (SSSR count). The van der Waals surface area contributed by atoms with E-state index in [1.807, 2.05) is 6.20 Å². The van der Waals surface area contributed by atoms with Crippen LogP contribution in [0.25, 0.3) is 0 Å². The normalized spacial score (nSPS) is 23.6. The van der Waals surface area contributed by atoms with Crippen LogP contribution in [0.15, 0.2) is 22.9 Å². The molecule has 0 amide bonds. The van der Waals surface area contributed by atoms with Gasteiger partial charge in [-0.3, -0.25) is 9.88 Å². The van der Waals surface area contributed by atoms with E-state index < -0.39 is 0 Å². The zero-order valence-corrected chi connectivity index (χ0v) is 11.1. The van der Waals surface area contributed by atoms with Gasteiger partial charge in [0.15, 0.2) is 5.79 Å². The monoisotopic (exact) mass is 298 g/mol. The van der Waals surface area contributed by atoms with Crippen molar-refractivity contribution in [2.45, 2.75) is 18.8 Å². The van der Waals surface area contributed by atoms with Crippen LogP contribution in [0.3, 0.4) is 0 Å². The summed E-state index contributed by atoms with van der Waals surface area (Å²) in [6, 6.07) is 2.11. The molecule has 0 unspecified atom stereocenters. The molecule has 2 saturated heterocycles. The molecule has 0 aromatic carbocycles. The molecule has 4 nitrogen and oxygen atoms in total. The van der Waals surface area contributed by atoms with Crippen LogP contribution in [0.2, 0.25) is 0 Å². The second kappa shape index (κ2) is 4.65. The molecule has 92 valence electrons. The third-order valence-electron chi connectivity index (χ3n) is 3.25. The number of aromatic nitrogens is 1. The van der Waals surface area contributed by atoms with E-state index in [1.165, 1.54) is 5.56 Å². The minimum atomic E-state index is -0.320. The Labute approximate surface area is 109 Å². The average molecular weight is 299 g/mol. The van der Waals surface area contributed by atoms with Gasteiger partial charge in [-0.15, -0.1) is 0 Å². The van der Waals surface area contributed by atoms with Crippen LogP contribution in [0.5, 0.6) is 0 Å². The molecule has 17 heavy (non-hydrogen) atoms. The van der Waals surface area contributed by atoms with Gasteiger partial charge in [-0.05, 0) is 27.6 Å². The fraction of sp³-hybridized carbons (Fsp3) is 0.583. The first-order valence-corrected chi connectivity index (χ1v) is 6.65. The highest BCUT2D eigenvalue weighted by molar-refractivity contribution is 9.10. The minimum Gasteiger partial charge on any atom is -0.346 e. The van der Waals surface area contributed by atoms with Gasteiger partial charge in [0.05, 0.1) is 19.8 Å². The highest BCUT2D eigenvalue weighted by atomic mass is 79.9. The molecule has 0 bridgehead atoms. The van der Waals surface area contributed by atoms with Crippen molar-refractivity contribution in [2.24, 2.45) is 0 Å². The lowest BCUT2D eigenvalue weighted by atomic mass is 10.2. The Kier molecular flexibility index (Phi) is 3.17. The van der Waals surface area contributed by atoms with Gasteiger partial charge in [0.1, 0.15) is 0 Å². The molecular formula is C12H15BrN2O2. The summed E-state index contributed by atoms with van der Waals surface area (Å²) in [5.41, 5.74) is 1.22. The highest BCUT2D eigenvalue weighted by Gasteiger charge is 2.42. The number of rotatable bonds is 2. The molecule has 1 aromatic heterocycles. The molecule has 2 aliphatic heterocycles. The molecule has 5 heteroatoms. The molecule has 0 atom stereocenters. The Morgan fingerprint density at radius 3 is 2.94 bits per heavy atom. The molecule has 1 aromatic rings. The third kappa shape index (κ3) is 2.52. The van der Waals surface area contributed by atoms with Crippen molar-refractivity contribution >= 4 is 15.9 Å². The molecular weight excluding hydrogens is 284 g/mol. The molecule has 0 N–H and O–H groups in total. The second-order valence-corrected chi connectivity index (χ2v) is 5.50. The van der Waals surface area contributed by atoms with Crippen molar-refractivity contribution in [3.8, 4) is 0 Å². The van der Waals surface area contributed by atoms with Gasteiger partial charge in [0.2, 0.25) is 0 Å². The predicted molar refractivity (Wildman–Crippen MR) is 66.5 cm³/mol. The Morgan fingerprint density at radius 2 is 2.18 bits per heavy atom. The van der Waals surface area contributed by atoms with E-state index in [1.54, 1.807) is 6.20 Å². The van der Waals surface area contributed by atoms with Gasteiger partial charge in [-0.25, -0.2) is 0 Å². The topological polar surface area (TPSA) is 34.6 Å². The van der Waals surface area contributed by atoms with E-state index >= 15 is 0 Å². The maximum atomic E-state index is 5.70. The molecule has 0 radical (unpaired) electrons. The Balaban J connectivity index is 1.64. The van der Waals surface area contributed by atoms with E-state index in [0.717, 1.165) is 43.7 Å². The van der Waals surface area contributed by atoms with Crippen LogP contribution >= 0.6 is 15.9 Å². The Bertz CT molecular complexity index is 407. The van der Waals surface area contributed by atoms with E-state index in [-0.39, 0.29) is 5.79 Å². The second-order valence-electron chi connectivity index (χ2n) is 4.58. The van der Waals surface area contributed by atoms with E-state index in [0.29, 0.717) is 0 Å². The fourth-order valence-electron chi connectivity index (χ4n) is 2.50. The van der Waals surface area contributed by atoms with Crippen molar-refractivity contribution < 1.29 is 9.47 Å². The smallest absolute Gasteiger partial charge is 0.182 e. The van der Waals surface area contributed by atoms with Crippen LogP contribution in [-0.4, -0.2) is 42.0 Å². The summed E-state index contributed by atoms with van der Waals surface area (Å²) in [6.07, 6.45) is 4.68. The zero-order valence-electron chi connectivity index (χ0n) is 9.56. The lowest BCUT2D eigenvalue weighted by Gasteiger charge is -2.22. The van der Waals surface area contributed by atoms with Crippen molar-refractivity contribution in [1.82, 2.24) is 9.88 Å². The number of likely N-dealkylation sites (tertiary alicyclic amines) is 1. The molecule has 3 heterocycles. The molecule has 1 spiro atoms. The van der Waals surface area contributed by atoms with Crippen LogP contribution in [0, 0.1) is 0 Å². The summed E-state index contributed by atoms with van der Waals surface area (Å²) in [7, 11) is 0. The molecule has 2 aliphatic rings. The summed E-state index contributed by atoms with van der Waals surface area (Å²) in [5, 5.41) is 0. The first-order chi connectivity index (χ1) is 8.26. The number of pyridine rings is 1. The first kappa shape index (κ1) is 11.6. The summed E-state index contributed by atoms with van der Waals surface area (Å²) in [6.45, 7) is 4.24. The number of ether oxygens (including phenoxy) is 2. The highest BCUT2D eigenvalue weighted by Crippen LogP contribution is 2.31. The number of hydrogen-bond acceptors (Lipinski definition) is 4. The Morgan fingerprint density at radius 1 is 1.35 bits per heavy atom. The Hall–Kier alpha value is -0.490. The SMILES string of the molecule is Brc1cncc(CN2CCC3(C2)OCCO3)c1. The maximum Gasteiger partial charge on any atom is 0.182 e. The summed E-state index contributed by atoms with van der Waals surface area (Å²) >= 11 is 3.44. The van der Waals surface area contributed by atoms with Gasteiger partial charge < -0.3 is 9.47 Å². The zero-order chi connectivity index (χ0) is 11.7. The summed E-state index contributed by atoms with van der Waals surface area (Å²) in [4.78, 5) is 6.54. The summed E-state index contributed by atoms with van der Waals surface area (Å²) < 4.78 is 12.4. The standard InChI is InChI=1S/C12H15BrN2O2/c13-11-5-10(6-14-7-11)8-15-2-1-12(9-15)16-3-4-17-12/h5-7H,1-4,8-9H2. The van der Waals surface area contributed by atoms with Crippen LogP contribution in [-0.2, 0) is 16.0 Å². The van der Waals surface area contributed by atoms with Crippen molar-refractivity contribution in [2.75, 3.05) is 26.3 Å². The third-order valence-corrected chi connectivity index (χ3v) is 3.69. The van der Waals surface area contributed by atoms with Crippen molar-refractivity contribution in [3.63, 3.8) is 0 Å². The maximum absolute atomic E-state index is 5.70. The van der Waals surface area contributed by atoms with Gasteiger partial charge >= 0.3 is 0 Å². The molecule has 0 aliphatic carbocycles. The average Bonchev–Trinajstić information content (AvgIpc) is 2.90.